The normalized spacial score (nSPS) is 9.71. The van der Waals surface area contributed by atoms with Crippen molar-refractivity contribution in [2.24, 2.45) is 0 Å². The van der Waals surface area contributed by atoms with Crippen LogP contribution in [0.2, 0.25) is 0 Å². The van der Waals surface area contributed by atoms with Crippen molar-refractivity contribution in [1.82, 2.24) is 9.97 Å². The number of halogens is 1. The Morgan fingerprint density at radius 1 is 1.41 bits per heavy atom. The van der Waals surface area contributed by atoms with Gasteiger partial charge in [0.15, 0.2) is 0 Å². The lowest BCUT2D eigenvalue weighted by Gasteiger charge is -2.07. The number of benzene rings is 1. The van der Waals surface area contributed by atoms with E-state index in [0.29, 0.717) is 23.3 Å². The molecule has 2 aromatic rings. The number of nitrogens with zero attached hydrogens (tertiary/aromatic N) is 2. The van der Waals surface area contributed by atoms with Crippen LogP contribution in [0.5, 0.6) is 0 Å². The lowest BCUT2D eigenvalue weighted by molar-refractivity contribution is 0.0699. The summed E-state index contributed by atoms with van der Waals surface area (Å²) in [5.74, 6) is -0.412. The van der Waals surface area contributed by atoms with Gasteiger partial charge in [-0.25, -0.2) is 14.8 Å². The Labute approximate surface area is 104 Å². The molecule has 17 heavy (non-hydrogen) atoms. The molecule has 0 radical (unpaired) electrons. The third-order valence-corrected chi connectivity index (χ3v) is 2.24. The number of carboxylic acids is 1. The summed E-state index contributed by atoms with van der Waals surface area (Å²) < 4.78 is 0. The molecule has 0 aliphatic heterocycles. The molecule has 0 aliphatic carbocycles. The molecule has 0 saturated carbocycles. The second kappa shape index (κ2) is 5.45. The average molecular weight is 254 g/mol. The second-order valence-electron chi connectivity index (χ2n) is 3.26. The topological polar surface area (TPSA) is 75.1 Å². The van der Waals surface area contributed by atoms with Crippen LogP contribution in [0.15, 0.2) is 24.5 Å². The Hall–Kier alpha value is -1.88. The van der Waals surface area contributed by atoms with Gasteiger partial charge in [0.25, 0.3) is 0 Å². The SMILES string of the molecule is CCNc1ncnc2cccc(C(=O)O)c12.Cl. The predicted octanol–water partition coefficient (Wildman–Crippen LogP) is 2.18. The van der Waals surface area contributed by atoms with E-state index in [1.807, 2.05) is 6.92 Å². The summed E-state index contributed by atoms with van der Waals surface area (Å²) in [4.78, 5) is 19.2. The zero-order chi connectivity index (χ0) is 11.5. The molecular weight excluding hydrogens is 242 g/mol. The Bertz CT molecular complexity index is 540. The number of aromatic nitrogens is 2. The number of carboxylic acid groups (broad SMARTS) is 1. The summed E-state index contributed by atoms with van der Waals surface area (Å²) in [6, 6.07) is 4.99. The molecule has 0 amide bonds. The van der Waals surface area contributed by atoms with Gasteiger partial charge in [-0.1, -0.05) is 6.07 Å². The fourth-order valence-electron chi connectivity index (χ4n) is 1.59. The molecule has 1 heterocycles. The van der Waals surface area contributed by atoms with E-state index in [1.165, 1.54) is 6.33 Å². The van der Waals surface area contributed by atoms with Crippen molar-refractivity contribution in [3.8, 4) is 0 Å². The highest BCUT2D eigenvalue weighted by molar-refractivity contribution is 6.06. The Kier molecular flexibility index (Phi) is 4.23. The summed E-state index contributed by atoms with van der Waals surface area (Å²) in [5.41, 5.74) is 0.847. The first-order valence-corrected chi connectivity index (χ1v) is 4.95. The van der Waals surface area contributed by atoms with E-state index in [9.17, 15) is 4.79 Å². The lowest BCUT2D eigenvalue weighted by Crippen LogP contribution is -2.05. The fourth-order valence-corrected chi connectivity index (χ4v) is 1.59. The third kappa shape index (κ3) is 2.45. The maximum atomic E-state index is 11.1. The van der Waals surface area contributed by atoms with E-state index >= 15 is 0 Å². The zero-order valence-electron chi connectivity index (χ0n) is 9.17. The smallest absolute Gasteiger partial charge is 0.336 e. The van der Waals surface area contributed by atoms with E-state index in [1.54, 1.807) is 18.2 Å². The van der Waals surface area contributed by atoms with Gasteiger partial charge in [-0.2, -0.15) is 0 Å². The molecule has 2 rings (SSSR count). The van der Waals surface area contributed by atoms with Crippen LogP contribution in [-0.4, -0.2) is 27.6 Å². The molecule has 0 spiro atoms. The van der Waals surface area contributed by atoms with Gasteiger partial charge >= 0.3 is 5.97 Å². The Balaban J connectivity index is 0.00000144. The number of fused-ring (bicyclic) bond motifs is 1. The Morgan fingerprint density at radius 2 is 2.18 bits per heavy atom. The molecule has 0 unspecified atom stereocenters. The third-order valence-electron chi connectivity index (χ3n) is 2.24. The van der Waals surface area contributed by atoms with Gasteiger partial charge in [-0.3, -0.25) is 0 Å². The standard InChI is InChI=1S/C11H11N3O2.ClH/c1-2-12-10-9-7(11(15)16)4-3-5-8(9)13-6-14-10;/h3-6H,2H2,1H3,(H,15,16)(H,12,13,14);1H. The van der Waals surface area contributed by atoms with Crippen molar-refractivity contribution in [3.05, 3.63) is 30.1 Å². The van der Waals surface area contributed by atoms with Gasteiger partial charge < -0.3 is 10.4 Å². The second-order valence-corrected chi connectivity index (χ2v) is 3.26. The monoisotopic (exact) mass is 253 g/mol. The van der Waals surface area contributed by atoms with Gasteiger partial charge in [0.05, 0.1) is 16.5 Å². The van der Waals surface area contributed by atoms with Crippen molar-refractivity contribution in [1.29, 1.82) is 0 Å². The van der Waals surface area contributed by atoms with Crippen LogP contribution in [0.25, 0.3) is 10.9 Å². The van der Waals surface area contributed by atoms with E-state index < -0.39 is 5.97 Å². The Morgan fingerprint density at radius 3 is 2.82 bits per heavy atom. The van der Waals surface area contributed by atoms with E-state index in [2.05, 4.69) is 15.3 Å². The number of hydrogen-bond acceptors (Lipinski definition) is 4. The maximum absolute atomic E-state index is 11.1. The molecule has 2 N–H and O–H groups in total. The van der Waals surface area contributed by atoms with E-state index in [4.69, 9.17) is 5.11 Å². The highest BCUT2D eigenvalue weighted by Crippen LogP contribution is 2.23. The van der Waals surface area contributed by atoms with Crippen LogP contribution in [0.3, 0.4) is 0 Å². The predicted molar refractivity (Wildman–Crippen MR) is 67.9 cm³/mol. The molecule has 0 fully saturated rings. The first-order valence-electron chi connectivity index (χ1n) is 4.95. The van der Waals surface area contributed by atoms with Crippen molar-refractivity contribution in [2.45, 2.75) is 6.92 Å². The van der Waals surface area contributed by atoms with Crippen LogP contribution in [-0.2, 0) is 0 Å². The summed E-state index contributed by atoms with van der Waals surface area (Å²) in [5, 5.41) is 12.7. The molecule has 0 aliphatic rings. The van der Waals surface area contributed by atoms with Crippen LogP contribution < -0.4 is 5.32 Å². The molecular formula is C11H12ClN3O2. The van der Waals surface area contributed by atoms with Crippen LogP contribution in [0.1, 0.15) is 17.3 Å². The number of carbonyl (C=O) groups is 1. The first-order chi connectivity index (χ1) is 7.74. The van der Waals surface area contributed by atoms with E-state index in [-0.39, 0.29) is 18.0 Å². The highest BCUT2D eigenvalue weighted by Gasteiger charge is 2.12. The minimum atomic E-state index is -0.973. The summed E-state index contributed by atoms with van der Waals surface area (Å²) in [7, 11) is 0. The number of hydrogen-bond donors (Lipinski definition) is 2. The summed E-state index contributed by atoms with van der Waals surface area (Å²) in [6.45, 7) is 2.61. The molecule has 90 valence electrons. The molecule has 0 atom stereocenters. The van der Waals surface area contributed by atoms with Crippen molar-refractivity contribution in [2.75, 3.05) is 11.9 Å². The van der Waals surface area contributed by atoms with Crippen LogP contribution in [0, 0.1) is 0 Å². The highest BCUT2D eigenvalue weighted by atomic mass is 35.5. The maximum Gasteiger partial charge on any atom is 0.336 e. The van der Waals surface area contributed by atoms with Gasteiger partial charge in [0.1, 0.15) is 12.1 Å². The number of rotatable bonds is 3. The minimum absolute atomic E-state index is 0. The molecule has 1 aromatic heterocycles. The quantitative estimate of drug-likeness (QED) is 0.877. The molecule has 1 aromatic carbocycles. The van der Waals surface area contributed by atoms with Gasteiger partial charge in [0.2, 0.25) is 0 Å². The average Bonchev–Trinajstić information content (AvgIpc) is 2.29. The molecule has 6 heteroatoms. The largest absolute Gasteiger partial charge is 0.478 e. The minimum Gasteiger partial charge on any atom is -0.478 e. The van der Waals surface area contributed by atoms with Gasteiger partial charge in [-0.05, 0) is 19.1 Å². The van der Waals surface area contributed by atoms with Gasteiger partial charge in [-0.15, -0.1) is 12.4 Å². The van der Waals surface area contributed by atoms with Crippen LogP contribution in [0.4, 0.5) is 5.82 Å². The van der Waals surface area contributed by atoms with Crippen molar-refractivity contribution >= 4 is 35.1 Å². The van der Waals surface area contributed by atoms with Crippen LogP contribution >= 0.6 is 12.4 Å². The molecule has 0 bridgehead atoms. The van der Waals surface area contributed by atoms with E-state index in [0.717, 1.165) is 0 Å². The number of nitrogens with one attached hydrogen (secondary N) is 1. The number of anilines is 1. The summed E-state index contributed by atoms with van der Waals surface area (Å²) in [6.07, 6.45) is 1.42. The molecule has 5 nitrogen and oxygen atoms in total. The van der Waals surface area contributed by atoms with Crippen molar-refractivity contribution < 1.29 is 9.90 Å². The lowest BCUT2D eigenvalue weighted by atomic mass is 10.1. The zero-order valence-corrected chi connectivity index (χ0v) is 9.99. The fraction of sp³-hybridized carbons (Fsp3) is 0.182. The molecule has 0 saturated heterocycles. The number of aromatic carboxylic acids is 1. The van der Waals surface area contributed by atoms with Gasteiger partial charge in [0, 0.05) is 6.54 Å². The summed E-state index contributed by atoms with van der Waals surface area (Å²) >= 11 is 0. The van der Waals surface area contributed by atoms with Crippen molar-refractivity contribution in [3.63, 3.8) is 0 Å². The first kappa shape index (κ1) is 13.2.